The van der Waals surface area contributed by atoms with Gasteiger partial charge < -0.3 is 9.64 Å². The van der Waals surface area contributed by atoms with E-state index in [1.807, 2.05) is 52.2 Å². The number of amides is 1. The van der Waals surface area contributed by atoms with E-state index in [9.17, 15) is 4.79 Å². The maximum atomic E-state index is 12.7. The smallest absolute Gasteiger partial charge is 0.227 e. The standard InChI is InChI=1S/C21H19N5O2S/c27-20(11-15-5-10-29-14-15)25-8-9-28-19(13-25)21-18-2-1-17(12-26(18)24-23-21)16-3-6-22-7-4-16/h1-7,10,12,14,19H,8-9,11,13H2. The minimum Gasteiger partial charge on any atom is -0.368 e. The highest BCUT2D eigenvalue weighted by molar-refractivity contribution is 7.08. The molecule has 146 valence electrons. The summed E-state index contributed by atoms with van der Waals surface area (Å²) in [7, 11) is 0. The fourth-order valence-electron chi connectivity index (χ4n) is 3.58. The number of aromatic nitrogens is 4. The molecule has 1 amide bonds. The number of morpholine rings is 1. The van der Waals surface area contributed by atoms with Gasteiger partial charge in [0.1, 0.15) is 11.8 Å². The van der Waals surface area contributed by atoms with Crippen molar-refractivity contribution in [2.45, 2.75) is 12.5 Å². The fourth-order valence-corrected chi connectivity index (χ4v) is 4.25. The lowest BCUT2D eigenvalue weighted by molar-refractivity contribution is -0.138. The summed E-state index contributed by atoms with van der Waals surface area (Å²) in [5.74, 6) is 0.119. The van der Waals surface area contributed by atoms with Crippen LogP contribution in [0.25, 0.3) is 16.6 Å². The molecule has 0 aromatic carbocycles. The van der Waals surface area contributed by atoms with Crippen molar-refractivity contribution in [3.05, 3.63) is 70.9 Å². The predicted octanol–water partition coefficient (Wildman–Crippen LogP) is 3.00. The molecule has 4 aromatic rings. The minimum absolute atomic E-state index is 0.119. The van der Waals surface area contributed by atoms with Gasteiger partial charge in [0.25, 0.3) is 0 Å². The maximum absolute atomic E-state index is 12.7. The molecule has 1 atom stereocenters. The number of rotatable bonds is 4. The van der Waals surface area contributed by atoms with Crippen LogP contribution in [0.15, 0.2) is 59.7 Å². The summed E-state index contributed by atoms with van der Waals surface area (Å²) in [5.41, 5.74) is 4.81. The van der Waals surface area contributed by atoms with Gasteiger partial charge >= 0.3 is 0 Å². The topological polar surface area (TPSA) is 72.6 Å². The number of fused-ring (bicyclic) bond motifs is 1. The molecule has 0 aliphatic carbocycles. The zero-order chi connectivity index (χ0) is 19.6. The highest BCUT2D eigenvalue weighted by Crippen LogP contribution is 2.27. The van der Waals surface area contributed by atoms with Gasteiger partial charge in [0.2, 0.25) is 5.91 Å². The Bertz CT molecular complexity index is 1130. The molecule has 0 spiro atoms. The van der Waals surface area contributed by atoms with Crippen LogP contribution < -0.4 is 0 Å². The molecule has 5 rings (SSSR count). The van der Waals surface area contributed by atoms with Gasteiger partial charge in [-0.3, -0.25) is 9.78 Å². The van der Waals surface area contributed by atoms with Crippen molar-refractivity contribution in [2.24, 2.45) is 0 Å². The van der Waals surface area contributed by atoms with E-state index in [2.05, 4.69) is 15.3 Å². The van der Waals surface area contributed by atoms with Crippen LogP contribution >= 0.6 is 11.3 Å². The minimum atomic E-state index is -0.278. The van der Waals surface area contributed by atoms with Crippen LogP contribution in [0, 0.1) is 0 Å². The van der Waals surface area contributed by atoms with Gasteiger partial charge in [-0.2, -0.15) is 11.3 Å². The Morgan fingerprint density at radius 3 is 2.90 bits per heavy atom. The maximum Gasteiger partial charge on any atom is 0.227 e. The van der Waals surface area contributed by atoms with Crippen LogP contribution in [0.1, 0.15) is 17.4 Å². The van der Waals surface area contributed by atoms with Crippen LogP contribution in [-0.2, 0) is 16.0 Å². The van der Waals surface area contributed by atoms with Crippen LogP contribution in [0.2, 0.25) is 0 Å². The van der Waals surface area contributed by atoms with E-state index in [1.165, 1.54) is 0 Å². The number of hydrogen-bond acceptors (Lipinski definition) is 6. The van der Waals surface area contributed by atoms with Gasteiger partial charge in [0, 0.05) is 30.7 Å². The van der Waals surface area contributed by atoms with E-state index in [0.29, 0.717) is 26.1 Å². The van der Waals surface area contributed by atoms with Crippen molar-refractivity contribution in [3.63, 3.8) is 0 Å². The number of thiophene rings is 1. The van der Waals surface area contributed by atoms with Crippen LogP contribution in [0.5, 0.6) is 0 Å². The van der Waals surface area contributed by atoms with Gasteiger partial charge in [-0.25, -0.2) is 4.52 Å². The van der Waals surface area contributed by atoms with Gasteiger partial charge in [-0.15, -0.1) is 5.10 Å². The second kappa shape index (κ2) is 7.73. The molecule has 1 aliphatic rings. The zero-order valence-electron chi connectivity index (χ0n) is 15.6. The molecule has 5 heterocycles. The van der Waals surface area contributed by atoms with Gasteiger partial charge in [-0.1, -0.05) is 11.3 Å². The molecular weight excluding hydrogens is 386 g/mol. The summed E-state index contributed by atoms with van der Waals surface area (Å²) >= 11 is 1.61. The lowest BCUT2D eigenvalue weighted by Gasteiger charge is -2.32. The predicted molar refractivity (Wildman–Crippen MR) is 110 cm³/mol. The first-order chi connectivity index (χ1) is 14.3. The van der Waals surface area contributed by atoms with Crippen molar-refractivity contribution < 1.29 is 9.53 Å². The number of nitrogens with zero attached hydrogens (tertiary/aromatic N) is 5. The molecule has 4 aromatic heterocycles. The van der Waals surface area contributed by atoms with E-state index in [0.717, 1.165) is 27.9 Å². The zero-order valence-corrected chi connectivity index (χ0v) is 16.5. The highest BCUT2D eigenvalue weighted by Gasteiger charge is 2.28. The van der Waals surface area contributed by atoms with Crippen LogP contribution in [-0.4, -0.2) is 50.3 Å². The van der Waals surface area contributed by atoms with Crippen molar-refractivity contribution >= 4 is 22.8 Å². The second-order valence-electron chi connectivity index (χ2n) is 6.97. The molecule has 1 aliphatic heterocycles. The number of carbonyl (C=O) groups is 1. The molecule has 0 bridgehead atoms. The monoisotopic (exact) mass is 405 g/mol. The number of pyridine rings is 2. The molecule has 0 radical (unpaired) electrons. The van der Waals surface area contributed by atoms with Gasteiger partial charge in [-0.05, 0) is 46.2 Å². The van der Waals surface area contributed by atoms with Gasteiger partial charge in [0.15, 0.2) is 0 Å². The van der Waals surface area contributed by atoms with Gasteiger partial charge in [0.05, 0.1) is 25.1 Å². The molecule has 0 saturated carbocycles. The lowest BCUT2D eigenvalue weighted by atomic mass is 10.1. The normalized spacial score (nSPS) is 17.0. The van der Waals surface area contributed by atoms with Crippen LogP contribution in [0.4, 0.5) is 0 Å². The molecule has 7 nitrogen and oxygen atoms in total. The number of ether oxygens (including phenoxy) is 1. The Hall–Kier alpha value is -3.10. The summed E-state index contributed by atoms with van der Waals surface area (Å²) in [6.45, 7) is 1.59. The summed E-state index contributed by atoms with van der Waals surface area (Å²) in [6, 6.07) is 9.95. The van der Waals surface area contributed by atoms with Crippen molar-refractivity contribution in [1.29, 1.82) is 0 Å². The molecule has 1 unspecified atom stereocenters. The summed E-state index contributed by atoms with van der Waals surface area (Å²) in [4.78, 5) is 18.6. The Balaban J connectivity index is 1.36. The Kier molecular flexibility index (Phi) is 4.79. The van der Waals surface area contributed by atoms with E-state index in [1.54, 1.807) is 28.2 Å². The first kappa shape index (κ1) is 18.0. The van der Waals surface area contributed by atoms with E-state index < -0.39 is 0 Å². The molecule has 29 heavy (non-hydrogen) atoms. The first-order valence-electron chi connectivity index (χ1n) is 9.44. The highest BCUT2D eigenvalue weighted by atomic mass is 32.1. The average Bonchev–Trinajstić information content (AvgIpc) is 3.43. The SMILES string of the molecule is O=C(Cc1ccsc1)N1CCOC(c2nnn3cc(-c4ccncc4)ccc23)C1. The first-order valence-corrected chi connectivity index (χ1v) is 10.4. The lowest BCUT2D eigenvalue weighted by Crippen LogP contribution is -2.43. The quantitative estimate of drug-likeness (QED) is 0.522. The number of carbonyl (C=O) groups excluding carboxylic acids is 1. The summed E-state index contributed by atoms with van der Waals surface area (Å²) in [6.07, 6.45) is 5.63. The molecule has 0 N–H and O–H groups in total. The largest absolute Gasteiger partial charge is 0.368 e. The third kappa shape index (κ3) is 3.64. The molecular formula is C21H19N5O2S. The second-order valence-corrected chi connectivity index (χ2v) is 7.75. The fraction of sp³-hybridized carbons (Fsp3) is 0.238. The van der Waals surface area contributed by atoms with Crippen molar-refractivity contribution in [2.75, 3.05) is 19.7 Å². The molecule has 1 saturated heterocycles. The third-order valence-electron chi connectivity index (χ3n) is 5.11. The average molecular weight is 405 g/mol. The molecule has 8 heteroatoms. The summed E-state index contributed by atoms with van der Waals surface area (Å²) < 4.78 is 7.71. The summed E-state index contributed by atoms with van der Waals surface area (Å²) in [5, 5.41) is 12.7. The van der Waals surface area contributed by atoms with E-state index >= 15 is 0 Å². The van der Waals surface area contributed by atoms with E-state index in [-0.39, 0.29) is 12.0 Å². The molecule has 1 fully saturated rings. The van der Waals surface area contributed by atoms with Crippen molar-refractivity contribution in [1.82, 2.24) is 24.7 Å². The Morgan fingerprint density at radius 2 is 2.07 bits per heavy atom. The Labute approximate surface area is 171 Å². The van der Waals surface area contributed by atoms with Crippen molar-refractivity contribution in [3.8, 4) is 11.1 Å². The third-order valence-corrected chi connectivity index (χ3v) is 5.85. The van der Waals surface area contributed by atoms with Crippen LogP contribution in [0.3, 0.4) is 0 Å². The Morgan fingerprint density at radius 1 is 1.17 bits per heavy atom. The number of hydrogen-bond donors (Lipinski definition) is 0. The van der Waals surface area contributed by atoms with E-state index in [4.69, 9.17) is 4.74 Å².